The minimum absolute atomic E-state index is 1.01. The maximum atomic E-state index is 4.57. The van der Waals surface area contributed by atoms with Gasteiger partial charge in [-0.05, 0) is 31.4 Å². The largest absolute Gasteiger partial charge is 0.304 e. The van der Waals surface area contributed by atoms with Crippen LogP contribution in [0.5, 0.6) is 0 Å². The van der Waals surface area contributed by atoms with Gasteiger partial charge in [0, 0.05) is 11.9 Å². The molecule has 0 spiro atoms. The van der Waals surface area contributed by atoms with E-state index in [2.05, 4.69) is 48.5 Å². The third kappa shape index (κ3) is 1.31. The molecule has 2 heteroatoms. The van der Waals surface area contributed by atoms with Crippen LogP contribution in [-0.2, 0) is 12.8 Å². The van der Waals surface area contributed by atoms with Gasteiger partial charge in [-0.2, -0.15) is 0 Å². The Hall–Kier alpha value is -1.31. The fraction of sp³-hybridized carbons (Fsp3) is 0.417. The summed E-state index contributed by atoms with van der Waals surface area (Å²) in [7, 11) is 0. The molecule has 74 valence electrons. The molecule has 0 aliphatic heterocycles. The summed E-state index contributed by atoms with van der Waals surface area (Å²) in [5.74, 6) is 0. The van der Waals surface area contributed by atoms with E-state index in [0.29, 0.717) is 0 Å². The first-order valence-corrected chi connectivity index (χ1v) is 5.22. The summed E-state index contributed by atoms with van der Waals surface area (Å²) in [6, 6.07) is 4.26. The molecule has 0 atom stereocenters. The van der Waals surface area contributed by atoms with Crippen molar-refractivity contribution in [2.75, 3.05) is 0 Å². The molecule has 0 saturated heterocycles. The summed E-state index contributed by atoms with van der Waals surface area (Å²) in [6.45, 7) is 6.46. The van der Waals surface area contributed by atoms with Gasteiger partial charge in [0.2, 0.25) is 0 Å². The van der Waals surface area contributed by atoms with Crippen LogP contribution in [0.3, 0.4) is 0 Å². The smallest absolute Gasteiger partial charge is 0.137 e. The highest BCUT2D eigenvalue weighted by atomic mass is 15.0. The van der Waals surface area contributed by atoms with Crippen LogP contribution >= 0.6 is 0 Å². The highest BCUT2D eigenvalue weighted by molar-refractivity contribution is 5.44. The lowest BCUT2D eigenvalue weighted by atomic mass is 10.2. The van der Waals surface area contributed by atoms with Crippen molar-refractivity contribution in [1.29, 1.82) is 0 Å². The molecule has 2 heterocycles. The molecule has 0 amide bonds. The van der Waals surface area contributed by atoms with Gasteiger partial charge in [-0.3, -0.25) is 0 Å². The number of hydrogen-bond acceptors (Lipinski definition) is 1. The third-order valence-corrected chi connectivity index (χ3v) is 2.76. The molecule has 0 saturated carbocycles. The van der Waals surface area contributed by atoms with E-state index in [-0.39, 0.29) is 0 Å². The Labute approximate surface area is 84.6 Å². The highest BCUT2D eigenvalue weighted by Crippen LogP contribution is 2.13. The number of fused-ring (bicyclic) bond motifs is 1. The van der Waals surface area contributed by atoms with E-state index in [1.807, 2.05) is 0 Å². The van der Waals surface area contributed by atoms with Crippen molar-refractivity contribution in [3.8, 4) is 0 Å². The predicted molar refractivity (Wildman–Crippen MR) is 58.7 cm³/mol. The quantitative estimate of drug-likeness (QED) is 0.708. The van der Waals surface area contributed by atoms with Gasteiger partial charge in [0.05, 0.1) is 5.69 Å². The van der Waals surface area contributed by atoms with E-state index in [1.54, 1.807) is 0 Å². The minimum Gasteiger partial charge on any atom is -0.304 e. The lowest BCUT2D eigenvalue weighted by Crippen LogP contribution is -1.91. The molecule has 0 unspecified atom stereocenters. The second kappa shape index (κ2) is 3.45. The van der Waals surface area contributed by atoms with Crippen LogP contribution in [0.1, 0.15) is 30.8 Å². The average Bonchev–Trinajstić information content (AvgIpc) is 2.55. The van der Waals surface area contributed by atoms with Gasteiger partial charge in [-0.25, -0.2) is 4.98 Å². The molecule has 0 fully saturated rings. The SMILES string of the molecule is CCc1ccc2nc(CC)c(C)n2c1. The van der Waals surface area contributed by atoms with Crippen LogP contribution in [0.15, 0.2) is 18.3 Å². The Morgan fingerprint density at radius 1 is 1.21 bits per heavy atom. The van der Waals surface area contributed by atoms with Gasteiger partial charge >= 0.3 is 0 Å². The minimum atomic E-state index is 1.01. The third-order valence-electron chi connectivity index (χ3n) is 2.76. The van der Waals surface area contributed by atoms with Crippen molar-refractivity contribution in [2.45, 2.75) is 33.6 Å². The number of imidazole rings is 1. The molecule has 0 aliphatic rings. The topological polar surface area (TPSA) is 17.3 Å². The van der Waals surface area contributed by atoms with Gasteiger partial charge in [0.25, 0.3) is 0 Å². The normalized spacial score (nSPS) is 11.1. The summed E-state index contributed by atoms with van der Waals surface area (Å²) in [5, 5.41) is 0. The van der Waals surface area contributed by atoms with Crippen LogP contribution in [0, 0.1) is 6.92 Å². The molecule has 0 bridgehead atoms. The second-order valence-electron chi connectivity index (χ2n) is 3.62. The molecule has 2 nitrogen and oxygen atoms in total. The molecule has 0 aliphatic carbocycles. The lowest BCUT2D eigenvalue weighted by Gasteiger charge is -2.00. The van der Waals surface area contributed by atoms with Gasteiger partial charge in [-0.1, -0.05) is 19.9 Å². The van der Waals surface area contributed by atoms with E-state index < -0.39 is 0 Å². The van der Waals surface area contributed by atoms with Crippen LogP contribution in [0.4, 0.5) is 0 Å². The summed E-state index contributed by atoms with van der Waals surface area (Å²) < 4.78 is 2.19. The van der Waals surface area contributed by atoms with Gasteiger partial charge in [-0.15, -0.1) is 0 Å². The van der Waals surface area contributed by atoms with Crippen molar-refractivity contribution in [1.82, 2.24) is 9.38 Å². The predicted octanol–water partition coefficient (Wildman–Crippen LogP) is 2.77. The number of rotatable bonds is 2. The first-order chi connectivity index (χ1) is 6.76. The van der Waals surface area contributed by atoms with Crippen molar-refractivity contribution < 1.29 is 0 Å². The zero-order valence-corrected chi connectivity index (χ0v) is 9.04. The average molecular weight is 188 g/mol. The van der Waals surface area contributed by atoms with Crippen LogP contribution < -0.4 is 0 Å². The number of pyridine rings is 1. The van der Waals surface area contributed by atoms with Gasteiger partial charge < -0.3 is 4.40 Å². The number of aryl methyl sites for hydroxylation is 3. The maximum absolute atomic E-state index is 4.57. The van der Waals surface area contributed by atoms with Crippen LogP contribution in [0.25, 0.3) is 5.65 Å². The molecule has 2 aromatic heterocycles. The first kappa shape index (κ1) is 9.25. The Bertz CT molecular complexity index is 455. The molecule has 2 aromatic rings. The summed E-state index contributed by atoms with van der Waals surface area (Å²) in [6.07, 6.45) is 4.28. The molecule has 0 radical (unpaired) electrons. The Morgan fingerprint density at radius 3 is 2.64 bits per heavy atom. The number of hydrogen-bond donors (Lipinski definition) is 0. The standard InChI is InChI=1S/C12H16N2/c1-4-10-6-7-12-13-11(5-2)9(3)14(12)8-10/h6-8H,4-5H2,1-3H3. The Balaban J connectivity index is 2.68. The summed E-state index contributed by atoms with van der Waals surface area (Å²) >= 11 is 0. The summed E-state index contributed by atoms with van der Waals surface area (Å²) in [5.41, 5.74) is 4.91. The first-order valence-electron chi connectivity index (χ1n) is 5.22. The van der Waals surface area contributed by atoms with E-state index in [0.717, 1.165) is 18.5 Å². The molecule has 0 aromatic carbocycles. The molecular formula is C12H16N2. The van der Waals surface area contributed by atoms with Gasteiger partial charge in [0.1, 0.15) is 5.65 Å². The number of nitrogens with zero attached hydrogens (tertiary/aromatic N) is 2. The fourth-order valence-electron chi connectivity index (χ4n) is 1.80. The van der Waals surface area contributed by atoms with E-state index in [1.165, 1.54) is 17.0 Å². The van der Waals surface area contributed by atoms with Crippen molar-refractivity contribution >= 4 is 5.65 Å². The maximum Gasteiger partial charge on any atom is 0.137 e. The Morgan fingerprint density at radius 2 is 2.00 bits per heavy atom. The second-order valence-corrected chi connectivity index (χ2v) is 3.62. The molecule has 14 heavy (non-hydrogen) atoms. The van der Waals surface area contributed by atoms with E-state index in [9.17, 15) is 0 Å². The number of aromatic nitrogens is 2. The fourth-order valence-corrected chi connectivity index (χ4v) is 1.80. The van der Waals surface area contributed by atoms with Crippen molar-refractivity contribution in [3.63, 3.8) is 0 Å². The van der Waals surface area contributed by atoms with E-state index in [4.69, 9.17) is 0 Å². The molecule has 0 N–H and O–H groups in total. The van der Waals surface area contributed by atoms with Crippen LogP contribution in [-0.4, -0.2) is 9.38 Å². The van der Waals surface area contributed by atoms with Crippen LogP contribution in [0.2, 0.25) is 0 Å². The Kier molecular flexibility index (Phi) is 2.28. The van der Waals surface area contributed by atoms with Crippen molar-refractivity contribution in [2.24, 2.45) is 0 Å². The summed E-state index contributed by atoms with van der Waals surface area (Å²) in [4.78, 5) is 4.57. The van der Waals surface area contributed by atoms with Crippen molar-refractivity contribution in [3.05, 3.63) is 35.3 Å². The zero-order chi connectivity index (χ0) is 10.1. The molecule has 2 rings (SSSR count). The van der Waals surface area contributed by atoms with Gasteiger partial charge in [0.15, 0.2) is 0 Å². The zero-order valence-electron chi connectivity index (χ0n) is 9.04. The lowest BCUT2D eigenvalue weighted by molar-refractivity contribution is 1.00. The van der Waals surface area contributed by atoms with E-state index >= 15 is 0 Å². The monoisotopic (exact) mass is 188 g/mol. The highest BCUT2D eigenvalue weighted by Gasteiger charge is 2.05. The molecular weight excluding hydrogens is 172 g/mol.